The number of amidine groups is 1. The summed E-state index contributed by atoms with van der Waals surface area (Å²) in [6, 6.07) is 12.1. The fraction of sp³-hybridized carbons (Fsp3) is 0.235. The molecule has 1 atom stereocenters. The van der Waals surface area contributed by atoms with Crippen molar-refractivity contribution in [3.63, 3.8) is 0 Å². The van der Waals surface area contributed by atoms with E-state index in [0.717, 1.165) is 40.9 Å². The fourth-order valence-corrected chi connectivity index (χ4v) is 3.68. The average molecular weight is 370 g/mol. The van der Waals surface area contributed by atoms with E-state index in [1.165, 1.54) is 0 Å². The van der Waals surface area contributed by atoms with Crippen LogP contribution in [0, 0.1) is 0 Å². The summed E-state index contributed by atoms with van der Waals surface area (Å²) in [4.78, 5) is 15.8. The van der Waals surface area contributed by atoms with Crippen LogP contribution in [-0.4, -0.2) is 34.8 Å². The number of halogens is 1. The van der Waals surface area contributed by atoms with E-state index in [1.54, 1.807) is 12.4 Å². The van der Waals surface area contributed by atoms with Gasteiger partial charge in [0.1, 0.15) is 5.84 Å². The second kappa shape index (κ2) is 5.45. The molecule has 0 radical (unpaired) electrons. The number of aliphatic imine (C=N–C) groups is 2. The number of hydrogen-bond acceptors (Lipinski definition) is 5. The number of benzene rings is 1. The van der Waals surface area contributed by atoms with Gasteiger partial charge >= 0.3 is 0 Å². The van der Waals surface area contributed by atoms with Crippen LogP contribution in [0.2, 0.25) is 0 Å². The summed E-state index contributed by atoms with van der Waals surface area (Å²) in [6.07, 6.45) is 4.56. The quantitative estimate of drug-likeness (QED) is 0.884. The number of nitrogens with zero attached hydrogens (tertiary/aromatic N) is 4. The number of aromatic nitrogens is 1. The molecule has 2 aliphatic rings. The second-order valence-corrected chi connectivity index (χ2v) is 6.55. The molecule has 0 saturated heterocycles. The highest BCUT2D eigenvalue weighted by Gasteiger charge is 2.49. The van der Waals surface area contributed by atoms with Gasteiger partial charge < -0.3 is 5.73 Å². The van der Waals surface area contributed by atoms with E-state index < -0.39 is 5.54 Å². The van der Waals surface area contributed by atoms with Gasteiger partial charge in [-0.3, -0.25) is 14.9 Å². The van der Waals surface area contributed by atoms with E-state index in [0.29, 0.717) is 5.96 Å². The molecule has 4 rings (SSSR count). The van der Waals surface area contributed by atoms with Gasteiger partial charge in [0.05, 0.1) is 0 Å². The summed E-state index contributed by atoms with van der Waals surface area (Å²) in [6.45, 7) is 1.66. The molecule has 1 aromatic carbocycles. The molecule has 5 nitrogen and oxygen atoms in total. The maximum absolute atomic E-state index is 6.25. The molecule has 6 heteroatoms. The Bertz CT molecular complexity index is 802. The minimum atomic E-state index is -0.697. The predicted molar refractivity (Wildman–Crippen MR) is 94.4 cm³/mol. The van der Waals surface area contributed by atoms with Gasteiger partial charge in [0, 0.05) is 30.0 Å². The zero-order valence-corrected chi connectivity index (χ0v) is 14.1. The zero-order valence-electron chi connectivity index (χ0n) is 12.5. The van der Waals surface area contributed by atoms with Gasteiger partial charge in [-0.1, -0.05) is 28.1 Å². The lowest BCUT2D eigenvalue weighted by molar-refractivity contribution is 0.531. The highest BCUT2D eigenvalue weighted by molar-refractivity contribution is 9.10. The van der Waals surface area contributed by atoms with Crippen LogP contribution >= 0.6 is 15.9 Å². The first-order chi connectivity index (χ1) is 11.2. The number of pyridine rings is 1. The Labute approximate surface area is 143 Å². The van der Waals surface area contributed by atoms with Gasteiger partial charge in [-0.05, 0) is 41.8 Å². The molecule has 2 aliphatic heterocycles. The lowest BCUT2D eigenvalue weighted by Crippen LogP contribution is -2.46. The molecule has 0 saturated carbocycles. The predicted octanol–water partition coefficient (Wildman–Crippen LogP) is 2.52. The molecule has 3 heterocycles. The van der Waals surface area contributed by atoms with Crippen molar-refractivity contribution in [1.29, 1.82) is 0 Å². The number of rotatable bonds is 2. The van der Waals surface area contributed by atoms with E-state index in [-0.39, 0.29) is 0 Å². The standard InChI is InChI=1S/C17H16BrN5/c18-14-4-1-3-13(11-14)17(12-5-8-20-9-6-12)15-21-7-2-10-23(15)16(19)22-17/h1,3-6,8-9,11H,2,7,10H2,(H2,19,22). The third-order valence-electron chi connectivity index (χ3n) is 4.28. The molecule has 0 spiro atoms. The van der Waals surface area contributed by atoms with Crippen molar-refractivity contribution in [1.82, 2.24) is 9.88 Å². The summed E-state index contributed by atoms with van der Waals surface area (Å²) in [7, 11) is 0. The molecule has 0 fully saturated rings. The first-order valence-electron chi connectivity index (χ1n) is 7.56. The lowest BCUT2D eigenvalue weighted by atomic mass is 9.82. The molecule has 0 amide bonds. The van der Waals surface area contributed by atoms with Crippen LogP contribution in [0.5, 0.6) is 0 Å². The topological polar surface area (TPSA) is 66.9 Å². The Morgan fingerprint density at radius 1 is 1.13 bits per heavy atom. The van der Waals surface area contributed by atoms with Crippen molar-refractivity contribution in [3.05, 3.63) is 64.4 Å². The van der Waals surface area contributed by atoms with Gasteiger partial charge in [0.2, 0.25) is 0 Å². The van der Waals surface area contributed by atoms with Gasteiger partial charge in [0.25, 0.3) is 0 Å². The number of hydrogen-bond donors (Lipinski definition) is 1. The SMILES string of the molecule is NC1=NC(c2ccncc2)(c2cccc(Br)c2)C2=NCCCN12. The molecular formula is C17H16BrN5. The smallest absolute Gasteiger partial charge is 0.198 e. The first-order valence-corrected chi connectivity index (χ1v) is 8.35. The van der Waals surface area contributed by atoms with Crippen molar-refractivity contribution in [2.24, 2.45) is 15.7 Å². The molecule has 23 heavy (non-hydrogen) atoms. The Morgan fingerprint density at radius 2 is 1.96 bits per heavy atom. The molecule has 1 aromatic heterocycles. The maximum Gasteiger partial charge on any atom is 0.198 e. The largest absolute Gasteiger partial charge is 0.369 e. The van der Waals surface area contributed by atoms with E-state index in [9.17, 15) is 0 Å². The van der Waals surface area contributed by atoms with Gasteiger partial charge in [-0.15, -0.1) is 0 Å². The van der Waals surface area contributed by atoms with E-state index in [4.69, 9.17) is 15.7 Å². The van der Waals surface area contributed by atoms with E-state index >= 15 is 0 Å². The van der Waals surface area contributed by atoms with Gasteiger partial charge in [0.15, 0.2) is 11.5 Å². The van der Waals surface area contributed by atoms with Crippen molar-refractivity contribution in [3.8, 4) is 0 Å². The van der Waals surface area contributed by atoms with Crippen LogP contribution in [0.25, 0.3) is 0 Å². The van der Waals surface area contributed by atoms with Crippen molar-refractivity contribution < 1.29 is 0 Å². The number of fused-ring (bicyclic) bond motifs is 1. The highest BCUT2D eigenvalue weighted by atomic mass is 79.9. The summed E-state index contributed by atoms with van der Waals surface area (Å²) in [5, 5.41) is 0. The summed E-state index contributed by atoms with van der Waals surface area (Å²) in [5.74, 6) is 1.44. The van der Waals surface area contributed by atoms with Gasteiger partial charge in [-0.2, -0.15) is 0 Å². The lowest BCUT2D eigenvalue weighted by Gasteiger charge is -2.32. The number of nitrogens with two attached hydrogens (primary N) is 1. The Hall–Kier alpha value is -2.21. The van der Waals surface area contributed by atoms with Crippen LogP contribution in [0.1, 0.15) is 17.5 Å². The Kier molecular flexibility index (Phi) is 3.41. The minimum Gasteiger partial charge on any atom is -0.369 e. The molecule has 1 unspecified atom stereocenters. The summed E-state index contributed by atoms with van der Waals surface area (Å²) >= 11 is 3.56. The average Bonchev–Trinajstić information content (AvgIpc) is 2.90. The van der Waals surface area contributed by atoms with Crippen LogP contribution in [0.4, 0.5) is 0 Å². The second-order valence-electron chi connectivity index (χ2n) is 5.64. The molecule has 0 aliphatic carbocycles. The van der Waals surface area contributed by atoms with E-state index in [1.807, 2.05) is 29.2 Å². The molecule has 116 valence electrons. The third kappa shape index (κ3) is 2.16. The van der Waals surface area contributed by atoms with E-state index in [2.05, 4.69) is 33.0 Å². The highest BCUT2D eigenvalue weighted by Crippen LogP contribution is 2.41. The van der Waals surface area contributed by atoms with Crippen molar-refractivity contribution in [2.45, 2.75) is 12.0 Å². The molecule has 2 N–H and O–H groups in total. The van der Waals surface area contributed by atoms with Crippen LogP contribution in [0.15, 0.2) is 63.2 Å². The monoisotopic (exact) mass is 369 g/mol. The van der Waals surface area contributed by atoms with Crippen molar-refractivity contribution >= 4 is 27.7 Å². The van der Waals surface area contributed by atoms with Crippen LogP contribution in [0.3, 0.4) is 0 Å². The fourth-order valence-electron chi connectivity index (χ4n) is 3.28. The number of guanidine groups is 1. The maximum atomic E-state index is 6.25. The third-order valence-corrected chi connectivity index (χ3v) is 4.77. The Balaban J connectivity index is 2.01. The zero-order chi connectivity index (χ0) is 15.9. The summed E-state index contributed by atoms with van der Waals surface area (Å²) < 4.78 is 1.01. The summed E-state index contributed by atoms with van der Waals surface area (Å²) in [5.41, 5.74) is 7.62. The molecule has 0 bridgehead atoms. The first kappa shape index (κ1) is 14.4. The molecule has 2 aromatic rings. The normalized spacial score (nSPS) is 23.3. The molecular weight excluding hydrogens is 354 g/mol. The van der Waals surface area contributed by atoms with Crippen LogP contribution in [-0.2, 0) is 5.54 Å². The Morgan fingerprint density at radius 3 is 2.74 bits per heavy atom. The minimum absolute atomic E-state index is 0.528. The van der Waals surface area contributed by atoms with Crippen LogP contribution < -0.4 is 5.73 Å². The van der Waals surface area contributed by atoms with Gasteiger partial charge in [-0.25, -0.2) is 4.99 Å². The van der Waals surface area contributed by atoms with Crippen molar-refractivity contribution in [2.75, 3.05) is 13.1 Å².